The normalized spacial score (nSPS) is 11.7. The molecular formula is C20H24FNO3. The quantitative estimate of drug-likeness (QED) is 0.808. The second-order valence-electron chi connectivity index (χ2n) is 5.73. The molecule has 0 spiro atoms. The summed E-state index contributed by atoms with van der Waals surface area (Å²) in [6.45, 7) is 8.41. The Hall–Kier alpha value is -2.56. The van der Waals surface area contributed by atoms with E-state index in [4.69, 9.17) is 9.47 Å². The molecule has 0 saturated carbocycles. The minimum absolute atomic E-state index is 0.258. The van der Waals surface area contributed by atoms with Crippen LogP contribution < -0.4 is 14.8 Å². The van der Waals surface area contributed by atoms with E-state index >= 15 is 0 Å². The van der Waals surface area contributed by atoms with Crippen molar-refractivity contribution >= 4 is 5.91 Å². The number of carbonyl (C=O) groups excluding carboxylic acids is 1. The smallest absolute Gasteiger partial charge is 0.251 e. The monoisotopic (exact) mass is 345 g/mol. The van der Waals surface area contributed by atoms with Gasteiger partial charge in [0.15, 0.2) is 11.5 Å². The number of aryl methyl sites for hydroxylation is 1. The highest BCUT2D eigenvalue weighted by molar-refractivity contribution is 5.94. The lowest BCUT2D eigenvalue weighted by atomic mass is 10.1. The predicted molar refractivity (Wildman–Crippen MR) is 95.8 cm³/mol. The van der Waals surface area contributed by atoms with Gasteiger partial charge in [-0.15, -0.1) is 0 Å². The first-order valence-corrected chi connectivity index (χ1v) is 8.42. The third-order valence-corrected chi connectivity index (χ3v) is 3.85. The van der Waals surface area contributed by atoms with E-state index in [9.17, 15) is 9.18 Å². The Morgan fingerprint density at radius 3 is 2.40 bits per heavy atom. The molecule has 0 aliphatic rings. The summed E-state index contributed by atoms with van der Waals surface area (Å²) in [6, 6.07) is 9.78. The molecule has 5 heteroatoms. The maximum Gasteiger partial charge on any atom is 0.251 e. The van der Waals surface area contributed by atoms with Crippen LogP contribution in [0.1, 0.15) is 48.3 Å². The van der Waals surface area contributed by atoms with E-state index in [-0.39, 0.29) is 17.8 Å². The van der Waals surface area contributed by atoms with Gasteiger partial charge in [-0.3, -0.25) is 4.79 Å². The van der Waals surface area contributed by atoms with Gasteiger partial charge < -0.3 is 14.8 Å². The molecule has 0 heterocycles. The molecule has 0 aliphatic heterocycles. The van der Waals surface area contributed by atoms with Crippen LogP contribution in [-0.2, 0) is 0 Å². The molecular weight excluding hydrogens is 321 g/mol. The first kappa shape index (κ1) is 18.8. The summed E-state index contributed by atoms with van der Waals surface area (Å²) >= 11 is 0. The van der Waals surface area contributed by atoms with Gasteiger partial charge in [-0.05, 0) is 63.1 Å². The minimum atomic E-state index is -0.389. The van der Waals surface area contributed by atoms with Crippen LogP contribution in [0.5, 0.6) is 11.5 Å². The molecule has 0 aliphatic carbocycles. The zero-order valence-corrected chi connectivity index (χ0v) is 15.1. The lowest BCUT2D eigenvalue weighted by Crippen LogP contribution is -2.26. The van der Waals surface area contributed by atoms with E-state index in [2.05, 4.69) is 5.32 Å². The third-order valence-electron chi connectivity index (χ3n) is 3.85. The summed E-state index contributed by atoms with van der Waals surface area (Å²) in [5.74, 6) is 0.606. The molecule has 25 heavy (non-hydrogen) atoms. The number of nitrogens with one attached hydrogen (secondary N) is 1. The van der Waals surface area contributed by atoms with Crippen molar-refractivity contribution in [3.8, 4) is 11.5 Å². The molecule has 0 aromatic heterocycles. The molecule has 1 amide bonds. The number of benzene rings is 2. The second kappa shape index (κ2) is 8.51. The van der Waals surface area contributed by atoms with E-state index in [1.165, 1.54) is 6.07 Å². The number of ether oxygens (including phenoxy) is 2. The first-order valence-electron chi connectivity index (χ1n) is 8.42. The van der Waals surface area contributed by atoms with Gasteiger partial charge in [0, 0.05) is 5.56 Å². The van der Waals surface area contributed by atoms with E-state index in [1.54, 1.807) is 19.1 Å². The van der Waals surface area contributed by atoms with Crippen LogP contribution in [0.15, 0.2) is 36.4 Å². The van der Waals surface area contributed by atoms with Gasteiger partial charge in [-0.25, -0.2) is 4.39 Å². The molecule has 2 rings (SSSR count). The summed E-state index contributed by atoms with van der Waals surface area (Å²) in [6.07, 6.45) is 0. The van der Waals surface area contributed by atoms with Crippen LogP contribution >= 0.6 is 0 Å². The Bertz CT molecular complexity index is 746. The maximum absolute atomic E-state index is 13.6. The average molecular weight is 345 g/mol. The second-order valence-corrected chi connectivity index (χ2v) is 5.73. The highest BCUT2D eigenvalue weighted by Crippen LogP contribution is 2.30. The van der Waals surface area contributed by atoms with Crippen molar-refractivity contribution in [3.63, 3.8) is 0 Å². The van der Waals surface area contributed by atoms with E-state index < -0.39 is 0 Å². The Morgan fingerprint density at radius 2 is 1.76 bits per heavy atom. The van der Waals surface area contributed by atoms with Crippen molar-refractivity contribution in [1.29, 1.82) is 0 Å². The van der Waals surface area contributed by atoms with Gasteiger partial charge in [0.25, 0.3) is 5.91 Å². The lowest BCUT2D eigenvalue weighted by molar-refractivity contribution is 0.0939. The van der Waals surface area contributed by atoms with Gasteiger partial charge >= 0.3 is 0 Å². The SMILES string of the molecule is CCOc1ccc([C@@H](C)NC(=O)c2ccc(C)c(F)c2)cc1OCC. The Morgan fingerprint density at radius 1 is 1.08 bits per heavy atom. The number of amides is 1. The molecule has 1 atom stereocenters. The molecule has 0 radical (unpaired) electrons. The van der Waals surface area contributed by atoms with Crippen LogP contribution in [0.4, 0.5) is 4.39 Å². The average Bonchev–Trinajstić information content (AvgIpc) is 2.59. The predicted octanol–water partition coefficient (Wildman–Crippen LogP) is 4.42. The zero-order valence-electron chi connectivity index (χ0n) is 15.1. The van der Waals surface area contributed by atoms with Gasteiger partial charge in [0.1, 0.15) is 5.82 Å². The van der Waals surface area contributed by atoms with Crippen molar-refractivity contribution in [3.05, 3.63) is 58.9 Å². The van der Waals surface area contributed by atoms with Crippen LogP contribution in [-0.4, -0.2) is 19.1 Å². The number of halogens is 1. The molecule has 134 valence electrons. The summed E-state index contributed by atoms with van der Waals surface area (Å²) in [7, 11) is 0. The fourth-order valence-electron chi connectivity index (χ4n) is 2.43. The summed E-state index contributed by atoms with van der Waals surface area (Å²) in [5.41, 5.74) is 1.69. The van der Waals surface area contributed by atoms with Crippen molar-refractivity contribution in [2.24, 2.45) is 0 Å². The Kier molecular flexibility index (Phi) is 6.39. The standard InChI is InChI=1S/C20H24FNO3/c1-5-24-18-10-9-15(12-19(18)25-6-2)14(4)22-20(23)16-8-7-13(3)17(21)11-16/h7-12,14H,5-6H2,1-4H3,(H,22,23)/t14-/m1/s1. The fourth-order valence-corrected chi connectivity index (χ4v) is 2.43. The van der Waals surface area contributed by atoms with Crippen LogP contribution in [0.25, 0.3) is 0 Å². The van der Waals surface area contributed by atoms with Gasteiger partial charge in [0.05, 0.1) is 19.3 Å². The molecule has 0 bridgehead atoms. The van der Waals surface area contributed by atoms with Gasteiger partial charge in [0.2, 0.25) is 0 Å². The number of hydrogen-bond donors (Lipinski definition) is 1. The third kappa shape index (κ3) is 4.72. The molecule has 0 unspecified atom stereocenters. The number of carbonyl (C=O) groups is 1. The lowest BCUT2D eigenvalue weighted by Gasteiger charge is -2.17. The maximum atomic E-state index is 13.6. The number of hydrogen-bond acceptors (Lipinski definition) is 3. The van der Waals surface area contributed by atoms with Crippen molar-refractivity contribution < 1.29 is 18.7 Å². The summed E-state index contributed by atoms with van der Waals surface area (Å²) in [4.78, 5) is 12.3. The molecule has 0 saturated heterocycles. The fraction of sp³-hybridized carbons (Fsp3) is 0.350. The molecule has 2 aromatic rings. The highest BCUT2D eigenvalue weighted by Gasteiger charge is 2.15. The van der Waals surface area contributed by atoms with Gasteiger partial charge in [-0.1, -0.05) is 12.1 Å². The van der Waals surface area contributed by atoms with Crippen LogP contribution in [0, 0.1) is 12.7 Å². The highest BCUT2D eigenvalue weighted by atomic mass is 19.1. The first-order chi connectivity index (χ1) is 12.0. The van der Waals surface area contributed by atoms with Crippen molar-refractivity contribution in [2.45, 2.75) is 33.7 Å². The summed E-state index contributed by atoms with van der Waals surface area (Å²) in [5, 5.41) is 2.88. The Balaban J connectivity index is 2.16. The van der Waals surface area contributed by atoms with E-state index in [1.807, 2.05) is 39.0 Å². The van der Waals surface area contributed by atoms with E-state index in [0.717, 1.165) is 5.56 Å². The zero-order chi connectivity index (χ0) is 18.4. The van der Waals surface area contributed by atoms with Crippen LogP contribution in [0.2, 0.25) is 0 Å². The summed E-state index contributed by atoms with van der Waals surface area (Å²) < 4.78 is 24.8. The molecule has 1 N–H and O–H groups in total. The molecule has 4 nitrogen and oxygen atoms in total. The van der Waals surface area contributed by atoms with Crippen LogP contribution in [0.3, 0.4) is 0 Å². The van der Waals surface area contributed by atoms with Crippen molar-refractivity contribution in [2.75, 3.05) is 13.2 Å². The molecule has 0 fully saturated rings. The van der Waals surface area contributed by atoms with Crippen molar-refractivity contribution in [1.82, 2.24) is 5.32 Å². The topological polar surface area (TPSA) is 47.6 Å². The Labute approximate surface area is 148 Å². The van der Waals surface area contributed by atoms with E-state index in [0.29, 0.717) is 35.8 Å². The largest absolute Gasteiger partial charge is 0.490 e. The minimum Gasteiger partial charge on any atom is -0.490 e. The molecule has 2 aromatic carbocycles. The van der Waals surface area contributed by atoms with Gasteiger partial charge in [-0.2, -0.15) is 0 Å². The number of rotatable bonds is 7.